The molecule has 0 saturated carbocycles. The zero-order chi connectivity index (χ0) is 22.6. The van der Waals surface area contributed by atoms with Crippen LogP contribution >= 0.6 is 11.3 Å². The highest BCUT2D eigenvalue weighted by Crippen LogP contribution is 2.30. The van der Waals surface area contributed by atoms with E-state index in [1.165, 1.54) is 0 Å². The van der Waals surface area contributed by atoms with E-state index in [2.05, 4.69) is 44.1 Å². The second-order valence-corrected chi connectivity index (χ2v) is 7.74. The third kappa shape index (κ3) is 7.97. The molecular formula is C22H29N5O4S. The third-order valence-corrected chi connectivity index (χ3v) is 5.12. The van der Waals surface area contributed by atoms with E-state index in [-0.39, 0.29) is 0 Å². The molecule has 0 fully saturated rings. The summed E-state index contributed by atoms with van der Waals surface area (Å²) >= 11 is 1.55. The lowest BCUT2D eigenvalue weighted by atomic mass is 10.3. The van der Waals surface area contributed by atoms with E-state index in [0.29, 0.717) is 25.0 Å². The summed E-state index contributed by atoms with van der Waals surface area (Å²) in [4.78, 5) is 5.67. The molecule has 3 aliphatic rings. The molecule has 172 valence electrons. The first kappa shape index (κ1) is 23.7. The predicted molar refractivity (Wildman–Crippen MR) is 126 cm³/mol. The van der Waals surface area contributed by atoms with Gasteiger partial charge in [0.1, 0.15) is 18.7 Å². The van der Waals surface area contributed by atoms with E-state index in [4.69, 9.17) is 14.6 Å². The Kier molecular flexibility index (Phi) is 9.51. The highest BCUT2D eigenvalue weighted by atomic mass is 32.1. The molecule has 0 aromatic carbocycles. The van der Waals surface area contributed by atoms with Gasteiger partial charge < -0.3 is 19.3 Å². The molecule has 0 spiro atoms. The van der Waals surface area contributed by atoms with Crippen LogP contribution in [-0.2, 0) is 9.47 Å². The fraction of sp³-hybridized carbons (Fsp3) is 0.364. The van der Waals surface area contributed by atoms with Crippen LogP contribution in [0.1, 0.15) is 37.3 Å². The first-order chi connectivity index (χ1) is 15.6. The standard InChI is InChI=1S/C18H19N5O2S.C4H10O2/c1-2-7-16-17(8-3-1)26-18(20-16)25-15-6-4-5-14(9-10-15)24-12-11-23-13-19-21-22-23;1-3-6-4(2)5/h2-4,6-10,13,21-22H,1,5,11-12H2;4-5H,3H2,1-2H3. The van der Waals surface area contributed by atoms with Gasteiger partial charge in [-0.3, -0.25) is 5.01 Å². The molecule has 1 atom stereocenters. The molecular weight excluding hydrogens is 430 g/mol. The van der Waals surface area contributed by atoms with Crippen molar-refractivity contribution in [2.75, 3.05) is 19.8 Å². The van der Waals surface area contributed by atoms with Crippen molar-refractivity contribution in [3.8, 4) is 5.19 Å². The van der Waals surface area contributed by atoms with Crippen molar-refractivity contribution in [2.24, 2.45) is 5.10 Å². The molecule has 1 aromatic heterocycles. The van der Waals surface area contributed by atoms with E-state index in [1.807, 2.05) is 42.3 Å². The van der Waals surface area contributed by atoms with E-state index in [9.17, 15) is 0 Å². The van der Waals surface area contributed by atoms with Gasteiger partial charge in [-0.1, -0.05) is 29.6 Å². The van der Waals surface area contributed by atoms with Crippen LogP contribution in [0.4, 0.5) is 0 Å². The number of aliphatic hydroxyl groups excluding tert-OH is 1. The van der Waals surface area contributed by atoms with Crippen LogP contribution in [0.25, 0.3) is 12.2 Å². The first-order valence-corrected chi connectivity index (χ1v) is 11.3. The summed E-state index contributed by atoms with van der Waals surface area (Å²) in [5, 5.41) is 14.6. The molecule has 10 heteroatoms. The summed E-state index contributed by atoms with van der Waals surface area (Å²) in [6.07, 6.45) is 18.9. The van der Waals surface area contributed by atoms with Gasteiger partial charge >= 0.3 is 0 Å². The lowest BCUT2D eigenvalue weighted by molar-refractivity contribution is -0.0800. The van der Waals surface area contributed by atoms with Gasteiger partial charge in [0.2, 0.25) is 0 Å². The molecule has 2 aliphatic carbocycles. The van der Waals surface area contributed by atoms with Crippen molar-refractivity contribution in [1.82, 2.24) is 21.1 Å². The largest absolute Gasteiger partial charge is 0.496 e. The number of hydrogen-bond donors (Lipinski definition) is 3. The van der Waals surface area contributed by atoms with Crippen molar-refractivity contribution in [3.05, 3.63) is 58.5 Å². The van der Waals surface area contributed by atoms with Crippen molar-refractivity contribution < 1.29 is 19.3 Å². The summed E-state index contributed by atoms with van der Waals surface area (Å²) < 4.78 is 16.3. The first-order valence-electron chi connectivity index (χ1n) is 10.5. The van der Waals surface area contributed by atoms with Gasteiger partial charge in [-0.2, -0.15) is 5.10 Å². The van der Waals surface area contributed by atoms with Gasteiger partial charge in [0.25, 0.3) is 5.19 Å². The van der Waals surface area contributed by atoms with Gasteiger partial charge in [-0.05, 0) is 50.6 Å². The zero-order valence-electron chi connectivity index (χ0n) is 18.2. The average molecular weight is 460 g/mol. The zero-order valence-corrected chi connectivity index (χ0v) is 19.0. The Balaban J connectivity index is 0.000000427. The highest BCUT2D eigenvalue weighted by molar-refractivity contribution is 7.14. The summed E-state index contributed by atoms with van der Waals surface area (Å²) in [6.45, 7) is 5.26. The lowest BCUT2D eigenvalue weighted by Gasteiger charge is -2.14. The quantitative estimate of drug-likeness (QED) is 0.509. The maximum atomic E-state index is 8.33. The molecule has 9 nitrogen and oxygen atoms in total. The second kappa shape index (κ2) is 12.8. The number of aliphatic hydroxyl groups is 1. The Morgan fingerprint density at radius 2 is 2.09 bits per heavy atom. The van der Waals surface area contributed by atoms with Crippen LogP contribution in [0.2, 0.25) is 0 Å². The predicted octanol–water partition coefficient (Wildman–Crippen LogP) is 3.33. The Morgan fingerprint density at radius 3 is 2.84 bits per heavy atom. The smallest absolute Gasteiger partial charge is 0.279 e. The number of ether oxygens (including phenoxy) is 3. The Labute approximate surface area is 192 Å². The fourth-order valence-corrected chi connectivity index (χ4v) is 3.61. The van der Waals surface area contributed by atoms with Crippen LogP contribution in [0.3, 0.4) is 0 Å². The van der Waals surface area contributed by atoms with Crippen LogP contribution in [0, 0.1) is 0 Å². The Bertz CT molecular complexity index is 888. The number of aromatic nitrogens is 1. The summed E-state index contributed by atoms with van der Waals surface area (Å²) in [5.41, 5.74) is 6.47. The molecule has 0 saturated heterocycles. The monoisotopic (exact) mass is 459 g/mol. The van der Waals surface area contributed by atoms with E-state index in [1.54, 1.807) is 24.6 Å². The van der Waals surface area contributed by atoms with E-state index in [0.717, 1.165) is 34.9 Å². The minimum Gasteiger partial charge on any atom is -0.496 e. The number of hydrazine groups is 2. The van der Waals surface area contributed by atoms with Gasteiger partial charge in [-0.15, -0.1) is 5.53 Å². The SMILES string of the molecule is C1=Cc2nc(OC3=CC=C(OCCN4C=NNN4)CC=C3)sc2C=CC1.CCOC(C)O. The number of fused-ring (bicyclic) bond motifs is 1. The van der Waals surface area contributed by atoms with Gasteiger partial charge in [0, 0.05) is 13.0 Å². The number of nitrogens with zero attached hydrogens (tertiary/aromatic N) is 3. The molecule has 1 aliphatic heterocycles. The molecule has 0 amide bonds. The number of hydrogen-bond acceptors (Lipinski definition) is 10. The summed E-state index contributed by atoms with van der Waals surface area (Å²) in [7, 11) is 0. The molecule has 4 rings (SSSR count). The number of thiazole rings is 1. The lowest BCUT2D eigenvalue weighted by Crippen LogP contribution is -2.39. The van der Waals surface area contributed by atoms with Gasteiger partial charge in [-0.25, -0.2) is 10.5 Å². The number of hydrazone groups is 1. The van der Waals surface area contributed by atoms with E-state index < -0.39 is 6.29 Å². The molecule has 3 N–H and O–H groups in total. The van der Waals surface area contributed by atoms with Crippen molar-refractivity contribution in [1.29, 1.82) is 0 Å². The van der Waals surface area contributed by atoms with Crippen LogP contribution < -0.4 is 15.8 Å². The van der Waals surface area contributed by atoms with Gasteiger partial charge in [0.05, 0.1) is 22.9 Å². The fourth-order valence-electron chi connectivity index (χ4n) is 2.75. The maximum Gasteiger partial charge on any atom is 0.279 e. The molecule has 0 radical (unpaired) electrons. The van der Waals surface area contributed by atoms with Crippen LogP contribution in [0.15, 0.2) is 53.1 Å². The summed E-state index contributed by atoms with van der Waals surface area (Å²) in [6, 6.07) is 0. The summed E-state index contributed by atoms with van der Waals surface area (Å²) in [5.74, 6) is 1.64. The van der Waals surface area contributed by atoms with E-state index >= 15 is 0 Å². The molecule has 1 aromatic rings. The number of rotatable bonds is 8. The third-order valence-electron chi connectivity index (χ3n) is 4.20. The second-order valence-electron chi connectivity index (χ2n) is 6.74. The maximum absolute atomic E-state index is 8.33. The average Bonchev–Trinajstić information content (AvgIpc) is 3.29. The Hall–Kier alpha value is -2.92. The normalized spacial score (nSPS) is 17.3. The van der Waals surface area contributed by atoms with Crippen LogP contribution in [0.5, 0.6) is 5.19 Å². The van der Waals surface area contributed by atoms with Crippen molar-refractivity contribution in [3.63, 3.8) is 0 Å². The number of nitrogens with one attached hydrogen (secondary N) is 2. The minimum absolute atomic E-state index is 0.558. The minimum atomic E-state index is -0.602. The molecule has 32 heavy (non-hydrogen) atoms. The molecule has 0 bridgehead atoms. The number of allylic oxidation sites excluding steroid dienone is 6. The molecule has 1 unspecified atom stereocenters. The van der Waals surface area contributed by atoms with Crippen LogP contribution in [-0.4, -0.2) is 47.5 Å². The van der Waals surface area contributed by atoms with Crippen molar-refractivity contribution >= 4 is 29.8 Å². The van der Waals surface area contributed by atoms with Crippen molar-refractivity contribution in [2.45, 2.75) is 33.0 Å². The Morgan fingerprint density at radius 1 is 1.22 bits per heavy atom. The highest BCUT2D eigenvalue weighted by Gasteiger charge is 2.11. The topological polar surface area (TPSA) is 100 Å². The molecule has 2 heterocycles. The van der Waals surface area contributed by atoms with Gasteiger partial charge in [0.15, 0.2) is 6.29 Å².